The normalized spacial score (nSPS) is 9.31. The Morgan fingerprint density at radius 2 is 2.31 bits per heavy atom. The van der Waals surface area contributed by atoms with Gasteiger partial charge in [-0.1, -0.05) is 0 Å². The third kappa shape index (κ3) is 1.98. The molecule has 1 heterocycles. The fraction of sp³-hybridized carbons (Fsp3) is 0.143. The Balaban J connectivity index is 3.01. The highest BCUT2D eigenvalue weighted by molar-refractivity contribution is 5.62. The molecule has 6 nitrogen and oxygen atoms in total. The molecule has 1 rings (SSSR count). The lowest BCUT2D eigenvalue weighted by atomic mass is 10.4. The number of aromatic nitrogens is 1. The van der Waals surface area contributed by atoms with E-state index in [-0.39, 0.29) is 5.75 Å². The van der Waals surface area contributed by atoms with Crippen molar-refractivity contribution in [1.29, 1.82) is 0 Å². The van der Waals surface area contributed by atoms with Crippen LogP contribution in [0.15, 0.2) is 12.3 Å². The quantitative estimate of drug-likeness (QED) is 0.664. The van der Waals surface area contributed by atoms with E-state index >= 15 is 0 Å². The summed E-state index contributed by atoms with van der Waals surface area (Å²) in [6, 6.07) is 1.38. The van der Waals surface area contributed by atoms with E-state index in [1.165, 1.54) is 19.4 Å². The summed E-state index contributed by atoms with van der Waals surface area (Å²) in [5, 5.41) is 17.5. The van der Waals surface area contributed by atoms with Gasteiger partial charge in [-0.3, -0.25) is 0 Å². The van der Waals surface area contributed by atoms with E-state index in [1.807, 2.05) is 0 Å². The van der Waals surface area contributed by atoms with Crippen LogP contribution >= 0.6 is 0 Å². The van der Waals surface area contributed by atoms with Crippen molar-refractivity contribution >= 4 is 6.16 Å². The number of rotatable bonds is 2. The third-order valence-corrected chi connectivity index (χ3v) is 1.26. The zero-order valence-corrected chi connectivity index (χ0v) is 6.72. The van der Waals surface area contributed by atoms with E-state index in [0.717, 1.165) is 0 Å². The van der Waals surface area contributed by atoms with Gasteiger partial charge in [-0.05, 0) is 0 Å². The monoisotopic (exact) mass is 185 g/mol. The van der Waals surface area contributed by atoms with Gasteiger partial charge in [-0.2, -0.15) is 0 Å². The number of ether oxygens (including phenoxy) is 2. The lowest BCUT2D eigenvalue weighted by Crippen LogP contribution is -2.04. The van der Waals surface area contributed by atoms with Crippen LogP contribution in [0.25, 0.3) is 0 Å². The molecule has 0 aliphatic heterocycles. The number of aromatic hydroxyl groups is 1. The predicted molar refractivity (Wildman–Crippen MR) is 41.1 cm³/mol. The molecule has 2 N–H and O–H groups in total. The zero-order chi connectivity index (χ0) is 9.84. The molecule has 70 valence electrons. The molecule has 0 bridgehead atoms. The van der Waals surface area contributed by atoms with E-state index in [4.69, 9.17) is 9.84 Å². The lowest BCUT2D eigenvalue weighted by molar-refractivity contribution is 0.140. The topological polar surface area (TPSA) is 88.9 Å². The van der Waals surface area contributed by atoms with Crippen LogP contribution in [-0.4, -0.2) is 28.5 Å². The van der Waals surface area contributed by atoms with Gasteiger partial charge in [0.2, 0.25) is 5.75 Å². The summed E-state index contributed by atoms with van der Waals surface area (Å²) < 4.78 is 8.87. The van der Waals surface area contributed by atoms with Crippen molar-refractivity contribution in [2.75, 3.05) is 7.11 Å². The average molecular weight is 185 g/mol. The van der Waals surface area contributed by atoms with E-state index in [0.29, 0.717) is 0 Å². The van der Waals surface area contributed by atoms with Crippen molar-refractivity contribution in [1.82, 2.24) is 4.98 Å². The van der Waals surface area contributed by atoms with Crippen LogP contribution in [0.4, 0.5) is 4.79 Å². The molecule has 0 aliphatic rings. The standard InChI is InChI=1S/C7H7NO5/c1-12-4-2-3-8-6(5(4)9)13-7(10)11/h2-3,9H,1H3,(H,10,11). The van der Waals surface area contributed by atoms with Crippen LogP contribution < -0.4 is 9.47 Å². The highest BCUT2D eigenvalue weighted by Gasteiger charge is 2.12. The predicted octanol–water partition coefficient (Wildman–Crippen LogP) is 0.853. The SMILES string of the molecule is COc1ccnc(OC(=O)O)c1O. The van der Waals surface area contributed by atoms with Gasteiger partial charge in [0, 0.05) is 12.3 Å². The summed E-state index contributed by atoms with van der Waals surface area (Å²) in [6.45, 7) is 0. The van der Waals surface area contributed by atoms with Crippen molar-refractivity contribution in [2.45, 2.75) is 0 Å². The summed E-state index contributed by atoms with van der Waals surface area (Å²) in [5.41, 5.74) is 0. The molecule has 0 amide bonds. The first-order valence-corrected chi connectivity index (χ1v) is 3.28. The van der Waals surface area contributed by atoms with E-state index in [9.17, 15) is 9.90 Å². The number of pyridine rings is 1. The van der Waals surface area contributed by atoms with Gasteiger partial charge in [-0.25, -0.2) is 9.78 Å². The first kappa shape index (κ1) is 9.11. The summed E-state index contributed by atoms with van der Waals surface area (Å²) in [4.78, 5) is 13.6. The highest BCUT2D eigenvalue weighted by Crippen LogP contribution is 2.32. The molecular formula is C7H7NO5. The van der Waals surface area contributed by atoms with Crippen LogP contribution in [-0.2, 0) is 0 Å². The van der Waals surface area contributed by atoms with Gasteiger partial charge in [0.25, 0.3) is 5.88 Å². The van der Waals surface area contributed by atoms with Crippen LogP contribution in [0.1, 0.15) is 0 Å². The Hall–Kier alpha value is -1.98. The second kappa shape index (κ2) is 3.61. The van der Waals surface area contributed by atoms with Gasteiger partial charge in [-0.15, -0.1) is 0 Å². The second-order valence-corrected chi connectivity index (χ2v) is 2.03. The number of methoxy groups -OCH3 is 1. The minimum Gasteiger partial charge on any atom is -0.501 e. The smallest absolute Gasteiger partial charge is 0.501 e. The summed E-state index contributed by atoms with van der Waals surface area (Å²) in [6.07, 6.45) is -0.285. The number of carbonyl (C=O) groups is 1. The molecule has 0 aromatic carbocycles. The Labute approximate surface area is 73.4 Å². The Morgan fingerprint density at radius 3 is 2.85 bits per heavy atom. The molecule has 0 saturated carbocycles. The summed E-state index contributed by atoms with van der Waals surface area (Å²) in [5.74, 6) is -0.731. The van der Waals surface area contributed by atoms with E-state index in [2.05, 4.69) is 9.72 Å². The maximum atomic E-state index is 10.1. The van der Waals surface area contributed by atoms with E-state index in [1.54, 1.807) is 0 Å². The molecule has 0 atom stereocenters. The van der Waals surface area contributed by atoms with Gasteiger partial charge < -0.3 is 19.7 Å². The minimum absolute atomic E-state index is 0.103. The van der Waals surface area contributed by atoms with Gasteiger partial charge in [0.05, 0.1) is 7.11 Å². The zero-order valence-electron chi connectivity index (χ0n) is 6.72. The molecule has 6 heteroatoms. The Morgan fingerprint density at radius 1 is 1.62 bits per heavy atom. The molecular weight excluding hydrogens is 178 g/mol. The number of nitrogens with zero attached hydrogens (tertiary/aromatic N) is 1. The fourth-order valence-electron chi connectivity index (χ4n) is 0.740. The molecule has 0 radical (unpaired) electrons. The van der Waals surface area contributed by atoms with Crippen molar-refractivity contribution < 1.29 is 24.5 Å². The van der Waals surface area contributed by atoms with Crippen molar-refractivity contribution in [2.24, 2.45) is 0 Å². The minimum atomic E-state index is -1.55. The van der Waals surface area contributed by atoms with E-state index < -0.39 is 17.8 Å². The van der Waals surface area contributed by atoms with Crippen LogP contribution in [0.5, 0.6) is 17.4 Å². The maximum Gasteiger partial charge on any atom is 0.512 e. The fourth-order valence-corrected chi connectivity index (χ4v) is 0.740. The van der Waals surface area contributed by atoms with Crippen molar-refractivity contribution in [3.8, 4) is 17.4 Å². The van der Waals surface area contributed by atoms with Gasteiger partial charge in [0.1, 0.15) is 0 Å². The maximum absolute atomic E-state index is 10.1. The highest BCUT2D eigenvalue weighted by atomic mass is 16.7. The molecule has 13 heavy (non-hydrogen) atoms. The Bertz CT molecular complexity index is 325. The van der Waals surface area contributed by atoms with Crippen molar-refractivity contribution in [3.63, 3.8) is 0 Å². The Kier molecular flexibility index (Phi) is 2.53. The molecule has 0 fully saturated rings. The molecule has 0 unspecified atom stereocenters. The first-order chi connectivity index (χ1) is 6.15. The number of hydrogen-bond donors (Lipinski definition) is 2. The summed E-state index contributed by atoms with van der Waals surface area (Å²) in [7, 11) is 1.33. The molecule has 0 saturated heterocycles. The molecule has 0 aliphatic carbocycles. The van der Waals surface area contributed by atoms with Crippen LogP contribution in [0.3, 0.4) is 0 Å². The lowest BCUT2D eigenvalue weighted by Gasteiger charge is -2.05. The second-order valence-electron chi connectivity index (χ2n) is 2.03. The molecule has 1 aromatic heterocycles. The average Bonchev–Trinajstić information content (AvgIpc) is 2.08. The largest absolute Gasteiger partial charge is 0.512 e. The number of hydrogen-bond acceptors (Lipinski definition) is 5. The first-order valence-electron chi connectivity index (χ1n) is 3.28. The van der Waals surface area contributed by atoms with Gasteiger partial charge >= 0.3 is 6.16 Å². The number of carboxylic acid groups (broad SMARTS) is 1. The summed E-state index contributed by atoms with van der Waals surface area (Å²) >= 11 is 0. The molecule has 1 aromatic rings. The molecule has 0 spiro atoms. The van der Waals surface area contributed by atoms with Crippen molar-refractivity contribution in [3.05, 3.63) is 12.3 Å². The van der Waals surface area contributed by atoms with Gasteiger partial charge in [0.15, 0.2) is 5.75 Å². The third-order valence-electron chi connectivity index (χ3n) is 1.26. The van der Waals surface area contributed by atoms with Crippen LogP contribution in [0.2, 0.25) is 0 Å². The van der Waals surface area contributed by atoms with Crippen LogP contribution in [0, 0.1) is 0 Å².